The first-order valence-corrected chi connectivity index (χ1v) is 5.91. The van der Waals surface area contributed by atoms with E-state index in [9.17, 15) is 9.90 Å². The molecule has 0 spiro atoms. The van der Waals surface area contributed by atoms with Gasteiger partial charge in [0.1, 0.15) is 11.8 Å². The third-order valence-corrected chi connectivity index (χ3v) is 3.25. The number of nitrogens with zero attached hydrogens (tertiary/aromatic N) is 1. The number of carbonyl (C=O) groups is 1. The molecule has 4 nitrogen and oxygen atoms in total. The molecule has 0 radical (unpaired) electrons. The number of hydrogen-bond acceptors (Lipinski definition) is 3. The fourth-order valence-corrected chi connectivity index (χ4v) is 2.36. The molecular formula is C13H17NO3. The molecule has 0 aromatic heterocycles. The topological polar surface area (TPSA) is 60.8 Å². The quantitative estimate of drug-likeness (QED) is 0.830. The minimum Gasteiger partial charge on any atom is -0.508 e. The largest absolute Gasteiger partial charge is 0.508 e. The van der Waals surface area contributed by atoms with Gasteiger partial charge in [0.2, 0.25) is 0 Å². The standard InChI is InChI=1S/C13H17NO3/c15-11-4-1-3-10(9-11)6-8-14-7-2-5-12(14)13(16)17/h1,3-4,9,12,15H,2,5-8H2,(H,16,17)/t12-/m0/s1. The molecule has 1 saturated heterocycles. The van der Waals surface area contributed by atoms with Gasteiger partial charge < -0.3 is 10.2 Å². The van der Waals surface area contributed by atoms with E-state index in [2.05, 4.69) is 0 Å². The van der Waals surface area contributed by atoms with Gasteiger partial charge in [-0.2, -0.15) is 0 Å². The highest BCUT2D eigenvalue weighted by atomic mass is 16.4. The summed E-state index contributed by atoms with van der Waals surface area (Å²) < 4.78 is 0. The van der Waals surface area contributed by atoms with E-state index in [1.54, 1.807) is 12.1 Å². The molecule has 2 N–H and O–H groups in total. The molecular weight excluding hydrogens is 218 g/mol. The van der Waals surface area contributed by atoms with Crippen LogP contribution >= 0.6 is 0 Å². The molecule has 0 unspecified atom stereocenters. The summed E-state index contributed by atoms with van der Waals surface area (Å²) in [5.74, 6) is -0.461. The van der Waals surface area contributed by atoms with Gasteiger partial charge in [-0.05, 0) is 43.5 Å². The molecule has 0 aliphatic carbocycles. The summed E-state index contributed by atoms with van der Waals surface area (Å²) in [4.78, 5) is 13.0. The van der Waals surface area contributed by atoms with Crippen molar-refractivity contribution in [3.05, 3.63) is 29.8 Å². The van der Waals surface area contributed by atoms with Crippen LogP contribution in [0.25, 0.3) is 0 Å². The number of rotatable bonds is 4. The monoisotopic (exact) mass is 235 g/mol. The summed E-state index contributed by atoms with van der Waals surface area (Å²) >= 11 is 0. The first-order valence-electron chi connectivity index (χ1n) is 5.91. The second kappa shape index (κ2) is 5.19. The van der Waals surface area contributed by atoms with E-state index in [0.717, 1.165) is 37.9 Å². The van der Waals surface area contributed by atoms with E-state index >= 15 is 0 Å². The molecule has 1 aromatic rings. The van der Waals surface area contributed by atoms with Crippen LogP contribution in [0.1, 0.15) is 18.4 Å². The fourth-order valence-electron chi connectivity index (χ4n) is 2.36. The van der Waals surface area contributed by atoms with Crippen molar-refractivity contribution in [2.75, 3.05) is 13.1 Å². The van der Waals surface area contributed by atoms with Crippen molar-refractivity contribution in [2.45, 2.75) is 25.3 Å². The highest BCUT2D eigenvalue weighted by Crippen LogP contribution is 2.18. The number of phenols is 1. The van der Waals surface area contributed by atoms with Crippen molar-refractivity contribution in [3.63, 3.8) is 0 Å². The summed E-state index contributed by atoms with van der Waals surface area (Å²) in [7, 11) is 0. The van der Waals surface area contributed by atoms with Gasteiger partial charge in [0.05, 0.1) is 0 Å². The Morgan fingerprint density at radius 3 is 3.00 bits per heavy atom. The van der Waals surface area contributed by atoms with Gasteiger partial charge in [0, 0.05) is 6.54 Å². The van der Waals surface area contributed by atoms with Gasteiger partial charge in [-0.25, -0.2) is 0 Å². The summed E-state index contributed by atoms with van der Waals surface area (Å²) in [6.45, 7) is 1.59. The lowest BCUT2D eigenvalue weighted by Gasteiger charge is -2.20. The smallest absolute Gasteiger partial charge is 0.320 e. The Morgan fingerprint density at radius 2 is 2.29 bits per heavy atom. The summed E-state index contributed by atoms with van der Waals surface area (Å²) in [6, 6.07) is 6.80. The van der Waals surface area contributed by atoms with Gasteiger partial charge in [-0.15, -0.1) is 0 Å². The molecule has 4 heteroatoms. The van der Waals surface area contributed by atoms with Crippen LogP contribution in [-0.4, -0.2) is 40.2 Å². The van der Waals surface area contributed by atoms with E-state index in [4.69, 9.17) is 5.11 Å². The maximum absolute atomic E-state index is 11.0. The molecule has 92 valence electrons. The Bertz CT molecular complexity index is 405. The molecule has 0 saturated carbocycles. The second-order valence-electron chi connectivity index (χ2n) is 4.45. The lowest BCUT2D eigenvalue weighted by atomic mass is 10.1. The van der Waals surface area contributed by atoms with E-state index in [0.29, 0.717) is 0 Å². The van der Waals surface area contributed by atoms with Crippen LogP contribution in [-0.2, 0) is 11.2 Å². The lowest BCUT2D eigenvalue weighted by Crippen LogP contribution is -2.37. The average Bonchev–Trinajstić information content (AvgIpc) is 2.74. The number of likely N-dealkylation sites (tertiary alicyclic amines) is 1. The molecule has 1 aliphatic rings. The van der Waals surface area contributed by atoms with Gasteiger partial charge >= 0.3 is 5.97 Å². The lowest BCUT2D eigenvalue weighted by molar-refractivity contribution is -0.142. The minimum atomic E-state index is -0.724. The third kappa shape index (κ3) is 2.97. The molecule has 1 fully saturated rings. The first kappa shape index (κ1) is 11.9. The Labute approximate surface area is 100 Å². The number of carboxylic acids is 1. The van der Waals surface area contributed by atoms with E-state index in [-0.39, 0.29) is 11.8 Å². The summed E-state index contributed by atoms with van der Waals surface area (Å²) in [5.41, 5.74) is 1.04. The molecule has 1 aliphatic heterocycles. The predicted molar refractivity (Wildman–Crippen MR) is 64.0 cm³/mol. The maximum Gasteiger partial charge on any atom is 0.320 e. The number of aliphatic carboxylic acids is 1. The van der Waals surface area contributed by atoms with Crippen molar-refractivity contribution in [3.8, 4) is 5.75 Å². The Kier molecular flexibility index (Phi) is 3.64. The highest BCUT2D eigenvalue weighted by molar-refractivity contribution is 5.73. The Morgan fingerprint density at radius 1 is 1.47 bits per heavy atom. The van der Waals surface area contributed by atoms with E-state index in [1.807, 2.05) is 17.0 Å². The first-order chi connectivity index (χ1) is 8.16. The van der Waals surface area contributed by atoms with Gasteiger partial charge in [-0.1, -0.05) is 12.1 Å². The van der Waals surface area contributed by atoms with Crippen molar-refractivity contribution in [2.24, 2.45) is 0 Å². The van der Waals surface area contributed by atoms with Crippen molar-refractivity contribution >= 4 is 5.97 Å². The van der Waals surface area contributed by atoms with Crippen LogP contribution in [0.3, 0.4) is 0 Å². The fraction of sp³-hybridized carbons (Fsp3) is 0.462. The highest BCUT2D eigenvalue weighted by Gasteiger charge is 2.29. The van der Waals surface area contributed by atoms with Crippen molar-refractivity contribution < 1.29 is 15.0 Å². The van der Waals surface area contributed by atoms with Gasteiger partial charge in [0.15, 0.2) is 0 Å². The predicted octanol–water partition coefficient (Wildman–Crippen LogP) is 1.48. The number of benzene rings is 1. The van der Waals surface area contributed by atoms with Crippen LogP contribution in [0, 0.1) is 0 Å². The number of phenolic OH excluding ortho intramolecular Hbond substituents is 1. The van der Waals surface area contributed by atoms with Crippen molar-refractivity contribution in [1.29, 1.82) is 0 Å². The van der Waals surface area contributed by atoms with Gasteiger partial charge in [-0.3, -0.25) is 9.69 Å². The Hall–Kier alpha value is -1.55. The zero-order valence-corrected chi connectivity index (χ0v) is 9.67. The molecule has 2 rings (SSSR count). The van der Waals surface area contributed by atoms with Crippen LogP contribution in [0.4, 0.5) is 0 Å². The SMILES string of the molecule is O=C(O)[C@@H]1CCCN1CCc1cccc(O)c1. The number of hydrogen-bond donors (Lipinski definition) is 2. The molecule has 17 heavy (non-hydrogen) atoms. The maximum atomic E-state index is 11.0. The molecule has 1 atom stereocenters. The zero-order valence-electron chi connectivity index (χ0n) is 9.67. The zero-order chi connectivity index (χ0) is 12.3. The minimum absolute atomic E-state index is 0.263. The normalized spacial score (nSPS) is 20.6. The summed E-state index contributed by atoms with van der Waals surface area (Å²) in [5, 5.41) is 18.4. The number of carboxylic acid groups (broad SMARTS) is 1. The molecule has 0 amide bonds. The van der Waals surface area contributed by atoms with Crippen LogP contribution < -0.4 is 0 Å². The second-order valence-corrected chi connectivity index (χ2v) is 4.45. The average molecular weight is 235 g/mol. The molecule has 1 aromatic carbocycles. The molecule has 0 bridgehead atoms. The third-order valence-electron chi connectivity index (χ3n) is 3.25. The van der Waals surface area contributed by atoms with Gasteiger partial charge in [0.25, 0.3) is 0 Å². The van der Waals surface area contributed by atoms with Crippen LogP contribution in [0.2, 0.25) is 0 Å². The van der Waals surface area contributed by atoms with E-state index in [1.165, 1.54) is 0 Å². The number of aromatic hydroxyl groups is 1. The summed E-state index contributed by atoms with van der Waals surface area (Å²) in [6.07, 6.45) is 2.48. The Balaban J connectivity index is 1.91. The van der Waals surface area contributed by atoms with Crippen molar-refractivity contribution in [1.82, 2.24) is 4.90 Å². The molecule has 1 heterocycles. The van der Waals surface area contributed by atoms with Crippen LogP contribution in [0.5, 0.6) is 5.75 Å². The van der Waals surface area contributed by atoms with E-state index < -0.39 is 5.97 Å². The van der Waals surface area contributed by atoms with Crippen LogP contribution in [0.15, 0.2) is 24.3 Å².